The Bertz CT molecular complexity index is 351. The maximum atomic E-state index is 12.3. The molecule has 0 bridgehead atoms. The van der Waals surface area contributed by atoms with E-state index >= 15 is 0 Å². The van der Waals surface area contributed by atoms with Gasteiger partial charge in [-0.15, -0.1) is 0 Å². The van der Waals surface area contributed by atoms with Gasteiger partial charge in [0.05, 0.1) is 12.0 Å². The van der Waals surface area contributed by atoms with Gasteiger partial charge in [0, 0.05) is 32.7 Å². The van der Waals surface area contributed by atoms with E-state index in [1.807, 2.05) is 6.92 Å². The summed E-state index contributed by atoms with van der Waals surface area (Å²) in [5.41, 5.74) is -1.17. The molecule has 0 aliphatic carbocycles. The molecule has 6 heteroatoms. The number of amides is 1. The van der Waals surface area contributed by atoms with Gasteiger partial charge in [0.15, 0.2) is 0 Å². The van der Waals surface area contributed by atoms with E-state index in [4.69, 9.17) is 9.47 Å². The summed E-state index contributed by atoms with van der Waals surface area (Å²) >= 11 is 0. The molecule has 2 aliphatic heterocycles. The molecule has 2 fully saturated rings. The van der Waals surface area contributed by atoms with Crippen molar-refractivity contribution in [2.45, 2.75) is 44.2 Å². The number of aliphatic carboxylic acids is 1. The molecule has 2 heterocycles. The summed E-state index contributed by atoms with van der Waals surface area (Å²) in [6.45, 7) is 3.27. The van der Waals surface area contributed by atoms with E-state index in [0.29, 0.717) is 39.1 Å². The number of hydrogen-bond donors (Lipinski definition) is 2. The Morgan fingerprint density at radius 3 is 2.58 bits per heavy atom. The molecule has 0 saturated carbocycles. The highest BCUT2D eigenvalue weighted by Crippen LogP contribution is 2.27. The van der Waals surface area contributed by atoms with E-state index in [0.717, 1.165) is 6.42 Å². The molecule has 2 aliphatic rings. The number of hydrogen-bond acceptors (Lipinski definition) is 4. The van der Waals surface area contributed by atoms with Crippen LogP contribution in [0.3, 0.4) is 0 Å². The zero-order valence-electron chi connectivity index (χ0n) is 11.2. The van der Waals surface area contributed by atoms with E-state index < -0.39 is 11.5 Å². The van der Waals surface area contributed by atoms with Gasteiger partial charge >= 0.3 is 5.97 Å². The van der Waals surface area contributed by atoms with E-state index in [2.05, 4.69) is 5.32 Å². The van der Waals surface area contributed by atoms with Crippen molar-refractivity contribution in [2.24, 2.45) is 5.92 Å². The molecule has 0 radical (unpaired) electrons. The van der Waals surface area contributed by atoms with Crippen LogP contribution in [0.2, 0.25) is 0 Å². The molecule has 0 aromatic heterocycles. The summed E-state index contributed by atoms with van der Waals surface area (Å²) in [6.07, 6.45) is 1.97. The summed E-state index contributed by atoms with van der Waals surface area (Å²) < 4.78 is 10.7. The van der Waals surface area contributed by atoms with Gasteiger partial charge in [0.1, 0.15) is 5.54 Å². The van der Waals surface area contributed by atoms with Crippen LogP contribution in [0, 0.1) is 5.92 Å². The largest absolute Gasteiger partial charge is 0.480 e. The van der Waals surface area contributed by atoms with E-state index in [9.17, 15) is 14.7 Å². The van der Waals surface area contributed by atoms with E-state index in [1.54, 1.807) is 0 Å². The molecule has 0 aromatic carbocycles. The number of ether oxygens (including phenoxy) is 2. The van der Waals surface area contributed by atoms with Crippen LogP contribution in [0.4, 0.5) is 0 Å². The van der Waals surface area contributed by atoms with Crippen LogP contribution in [0.5, 0.6) is 0 Å². The summed E-state index contributed by atoms with van der Waals surface area (Å²) in [6, 6.07) is 0. The number of rotatable bonds is 4. The number of carboxylic acid groups (broad SMARTS) is 1. The Kier molecular flexibility index (Phi) is 4.42. The number of nitrogens with one attached hydrogen (secondary N) is 1. The lowest BCUT2D eigenvalue weighted by atomic mass is 9.88. The predicted molar refractivity (Wildman–Crippen MR) is 66.7 cm³/mol. The number of carboxylic acids is 1. The fourth-order valence-corrected chi connectivity index (χ4v) is 2.79. The molecule has 19 heavy (non-hydrogen) atoms. The topological polar surface area (TPSA) is 84.9 Å². The summed E-state index contributed by atoms with van der Waals surface area (Å²) in [4.78, 5) is 23.8. The van der Waals surface area contributed by atoms with Crippen molar-refractivity contribution in [2.75, 3.05) is 19.8 Å². The number of carbonyl (C=O) groups is 2. The Morgan fingerprint density at radius 2 is 2.00 bits per heavy atom. The summed E-state index contributed by atoms with van der Waals surface area (Å²) in [7, 11) is 0. The third kappa shape index (κ3) is 2.90. The highest BCUT2D eigenvalue weighted by Gasteiger charge is 2.44. The minimum atomic E-state index is -1.17. The first-order valence-corrected chi connectivity index (χ1v) is 6.84. The van der Waals surface area contributed by atoms with Crippen molar-refractivity contribution in [3.63, 3.8) is 0 Å². The standard InChI is InChI=1S/C13H21NO5/c1-2-10-9(3-6-19-10)11(15)14-13(12(16)17)4-7-18-8-5-13/h9-10H,2-8H2,1H3,(H,14,15)(H,16,17). The zero-order chi connectivity index (χ0) is 13.9. The monoisotopic (exact) mass is 271 g/mol. The summed E-state index contributed by atoms with van der Waals surface area (Å²) in [5.74, 6) is -1.41. The van der Waals surface area contributed by atoms with Gasteiger partial charge in [0.25, 0.3) is 0 Å². The average Bonchev–Trinajstić information content (AvgIpc) is 2.88. The SMILES string of the molecule is CCC1OCCC1C(=O)NC1(C(=O)O)CCOCC1. The Balaban J connectivity index is 2.04. The molecule has 0 aromatic rings. The first-order valence-electron chi connectivity index (χ1n) is 6.84. The van der Waals surface area contributed by atoms with Gasteiger partial charge in [0.2, 0.25) is 5.91 Å². The van der Waals surface area contributed by atoms with Crippen LogP contribution in [0.25, 0.3) is 0 Å². The van der Waals surface area contributed by atoms with Crippen molar-refractivity contribution in [3.8, 4) is 0 Å². The molecular formula is C13H21NO5. The van der Waals surface area contributed by atoms with Crippen LogP contribution in [0.15, 0.2) is 0 Å². The first-order chi connectivity index (χ1) is 9.09. The molecule has 2 saturated heterocycles. The molecule has 6 nitrogen and oxygen atoms in total. The van der Waals surface area contributed by atoms with E-state index in [-0.39, 0.29) is 17.9 Å². The van der Waals surface area contributed by atoms with Crippen molar-refractivity contribution in [1.29, 1.82) is 0 Å². The minimum Gasteiger partial charge on any atom is -0.480 e. The molecule has 2 unspecified atom stereocenters. The predicted octanol–water partition coefficient (Wildman–Crippen LogP) is 0.551. The second-order valence-electron chi connectivity index (χ2n) is 5.20. The Morgan fingerprint density at radius 1 is 1.32 bits per heavy atom. The second-order valence-corrected chi connectivity index (χ2v) is 5.20. The van der Waals surface area contributed by atoms with Crippen LogP contribution in [-0.4, -0.2) is 48.4 Å². The lowest BCUT2D eigenvalue weighted by molar-refractivity contribution is -0.153. The third-order valence-electron chi connectivity index (χ3n) is 4.07. The lowest BCUT2D eigenvalue weighted by Gasteiger charge is -2.35. The molecular weight excluding hydrogens is 250 g/mol. The molecule has 2 atom stereocenters. The molecule has 2 rings (SSSR count). The van der Waals surface area contributed by atoms with Crippen LogP contribution >= 0.6 is 0 Å². The van der Waals surface area contributed by atoms with Crippen molar-refractivity contribution < 1.29 is 24.2 Å². The van der Waals surface area contributed by atoms with Gasteiger partial charge in [-0.2, -0.15) is 0 Å². The Labute approximate surface area is 112 Å². The van der Waals surface area contributed by atoms with Crippen molar-refractivity contribution >= 4 is 11.9 Å². The second kappa shape index (κ2) is 5.88. The summed E-state index contributed by atoms with van der Waals surface area (Å²) in [5, 5.41) is 12.1. The van der Waals surface area contributed by atoms with Crippen LogP contribution in [-0.2, 0) is 19.1 Å². The highest BCUT2D eigenvalue weighted by atomic mass is 16.5. The molecule has 1 amide bonds. The smallest absolute Gasteiger partial charge is 0.329 e. The Hall–Kier alpha value is -1.14. The average molecular weight is 271 g/mol. The van der Waals surface area contributed by atoms with Crippen molar-refractivity contribution in [1.82, 2.24) is 5.32 Å². The molecule has 108 valence electrons. The zero-order valence-corrected chi connectivity index (χ0v) is 11.2. The normalized spacial score (nSPS) is 29.9. The number of carbonyl (C=O) groups excluding carboxylic acids is 1. The fourth-order valence-electron chi connectivity index (χ4n) is 2.79. The molecule has 2 N–H and O–H groups in total. The quantitative estimate of drug-likeness (QED) is 0.780. The van der Waals surface area contributed by atoms with Gasteiger partial charge in [-0.05, 0) is 12.8 Å². The third-order valence-corrected chi connectivity index (χ3v) is 4.07. The fraction of sp³-hybridized carbons (Fsp3) is 0.846. The van der Waals surface area contributed by atoms with Gasteiger partial charge in [-0.1, -0.05) is 6.92 Å². The van der Waals surface area contributed by atoms with Gasteiger partial charge in [-0.25, -0.2) is 4.79 Å². The lowest BCUT2D eigenvalue weighted by Crippen LogP contribution is -2.59. The van der Waals surface area contributed by atoms with Crippen LogP contribution in [0.1, 0.15) is 32.6 Å². The van der Waals surface area contributed by atoms with Gasteiger partial charge in [-0.3, -0.25) is 4.79 Å². The van der Waals surface area contributed by atoms with E-state index in [1.165, 1.54) is 0 Å². The minimum absolute atomic E-state index is 0.0920. The van der Waals surface area contributed by atoms with Crippen molar-refractivity contribution in [3.05, 3.63) is 0 Å². The van der Waals surface area contributed by atoms with Gasteiger partial charge < -0.3 is 19.9 Å². The molecule has 0 spiro atoms. The maximum Gasteiger partial charge on any atom is 0.329 e. The maximum absolute atomic E-state index is 12.3. The highest BCUT2D eigenvalue weighted by molar-refractivity contribution is 5.88. The first kappa shape index (κ1) is 14.3. The van der Waals surface area contributed by atoms with Crippen LogP contribution < -0.4 is 5.32 Å².